The van der Waals surface area contributed by atoms with E-state index in [0.29, 0.717) is 11.3 Å². The van der Waals surface area contributed by atoms with E-state index < -0.39 is 5.63 Å². The quantitative estimate of drug-likeness (QED) is 0.462. The maximum Gasteiger partial charge on any atom is 0.359 e. The second-order valence-electron chi connectivity index (χ2n) is 2.79. The molecule has 0 spiro atoms. The lowest BCUT2D eigenvalue weighted by molar-refractivity contribution is 0.564. The van der Waals surface area contributed by atoms with Crippen molar-refractivity contribution in [3.05, 3.63) is 34.7 Å². The van der Waals surface area contributed by atoms with Gasteiger partial charge in [0.1, 0.15) is 11.3 Å². The summed E-state index contributed by atoms with van der Waals surface area (Å²) < 4.78 is 4.91. The van der Waals surface area contributed by atoms with E-state index in [2.05, 4.69) is 0 Å². The van der Waals surface area contributed by atoms with Gasteiger partial charge in [0.05, 0.1) is 0 Å². The van der Waals surface area contributed by atoms with Crippen LogP contribution in [0.1, 0.15) is 0 Å². The summed E-state index contributed by atoms with van der Waals surface area (Å²) in [6.45, 7) is 0. The lowest BCUT2D eigenvalue weighted by Crippen LogP contribution is -2.05. The monoisotopic (exact) mass is 176 g/mol. The summed E-state index contributed by atoms with van der Waals surface area (Å²) in [6.07, 6.45) is 0. The number of hydrogen-bond acceptors (Lipinski definition) is 4. The molecule has 1 aromatic heterocycles. The Morgan fingerprint density at radius 1 is 1.15 bits per heavy atom. The molecule has 2 rings (SSSR count). The summed E-state index contributed by atoms with van der Waals surface area (Å²) in [7, 11) is 0. The fourth-order valence-electron chi connectivity index (χ4n) is 1.14. The fourth-order valence-corrected chi connectivity index (χ4v) is 1.14. The summed E-state index contributed by atoms with van der Waals surface area (Å²) >= 11 is 0. The molecule has 0 amide bonds. The molecule has 0 saturated carbocycles. The molecule has 0 aliphatic heterocycles. The Balaban J connectivity index is 2.89. The molecule has 1 aromatic carbocycles. The van der Waals surface area contributed by atoms with Crippen molar-refractivity contribution in [2.45, 2.75) is 0 Å². The van der Waals surface area contributed by atoms with Gasteiger partial charge in [0.2, 0.25) is 0 Å². The Morgan fingerprint density at radius 3 is 2.69 bits per heavy atom. The van der Waals surface area contributed by atoms with Gasteiger partial charge in [0.25, 0.3) is 0 Å². The molecular weight excluding hydrogens is 168 g/mol. The molecule has 1 heterocycles. The summed E-state index contributed by atoms with van der Waals surface area (Å²) in [4.78, 5) is 11.0. The van der Waals surface area contributed by atoms with Gasteiger partial charge in [0, 0.05) is 17.1 Å². The zero-order valence-electron chi connectivity index (χ0n) is 6.78. The summed E-state index contributed by atoms with van der Waals surface area (Å²) in [6, 6.07) is 6.64. The second kappa shape index (κ2) is 2.52. The molecule has 4 heteroatoms. The third kappa shape index (κ3) is 1.22. The molecule has 0 atom stereocenters. The van der Waals surface area contributed by atoms with Crippen molar-refractivity contribution in [3.63, 3.8) is 0 Å². The molecule has 0 aliphatic carbocycles. The maximum atomic E-state index is 11.0. The van der Waals surface area contributed by atoms with Crippen molar-refractivity contribution in [2.24, 2.45) is 0 Å². The van der Waals surface area contributed by atoms with Gasteiger partial charge in [-0.25, -0.2) is 4.79 Å². The molecule has 4 N–H and O–H groups in total. The summed E-state index contributed by atoms with van der Waals surface area (Å²) in [5.41, 5.74) is 11.5. The first-order chi connectivity index (χ1) is 6.16. The molecule has 4 nitrogen and oxygen atoms in total. The Morgan fingerprint density at radius 2 is 1.92 bits per heavy atom. The Kier molecular flexibility index (Phi) is 1.48. The molecule has 0 radical (unpaired) electrons. The smallest absolute Gasteiger partial charge is 0.359 e. The van der Waals surface area contributed by atoms with Crippen LogP contribution in [0.2, 0.25) is 0 Å². The van der Waals surface area contributed by atoms with Crippen molar-refractivity contribution < 1.29 is 4.42 Å². The van der Waals surface area contributed by atoms with Gasteiger partial charge in [-0.1, -0.05) is 0 Å². The van der Waals surface area contributed by atoms with Crippen LogP contribution in [0.4, 0.5) is 11.4 Å². The Bertz CT molecular complexity index is 516. The van der Waals surface area contributed by atoms with Crippen LogP contribution in [0, 0.1) is 0 Å². The van der Waals surface area contributed by atoms with Gasteiger partial charge in [-0.3, -0.25) is 0 Å². The molecule has 13 heavy (non-hydrogen) atoms. The van der Waals surface area contributed by atoms with E-state index in [-0.39, 0.29) is 5.69 Å². The van der Waals surface area contributed by atoms with E-state index in [1.165, 1.54) is 0 Å². The summed E-state index contributed by atoms with van der Waals surface area (Å²) in [5.74, 6) is 0. The van der Waals surface area contributed by atoms with Crippen LogP contribution in [0.3, 0.4) is 0 Å². The Labute approximate surface area is 73.8 Å². The first-order valence-electron chi connectivity index (χ1n) is 3.76. The number of fused-ring (bicyclic) bond motifs is 1. The largest absolute Gasteiger partial charge is 0.421 e. The lowest BCUT2D eigenvalue weighted by Gasteiger charge is -1.98. The summed E-state index contributed by atoms with van der Waals surface area (Å²) in [5, 5.41) is 0.770. The van der Waals surface area contributed by atoms with Crippen molar-refractivity contribution in [3.8, 4) is 0 Å². The van der Waals surface area contributed by atoms with Gasteiger partial charge in [-0.2, -0.15) is 0 Å². The van der Waals surface area contributed by atoms with Gasteiger partial charge < -0.3 is 15.9 Å². The number of nitrogen functional groups attached to an aromatic ring is 2. The van der Waals surface area contributed by atoms with Crippen LogP contribution in [0.25, 0.3) is 11.0 Å². The van der Waals surface area contributed by atoms with Crippen LogP contribution >= 0.6 is 0 Å². The number of nitrogens with two attached hydrogens (primary N) is 2. The predicted octanol–water partition coefficient (Wildman–Crippen LogP) is 0.957. The molecular formula is C9H8N2O2. The average molecular weight is 176 g/mol. The van der Waals surface area contributed by atoms with Crippen molar-refractivity contribution >= 4 is 22.3 Å². The SMILES string of the molecule is Nc1ccc2cc(N)c(=O)oc2c1. The highest BCUT2D eigenvalue weighted by molar-refractivity contribution is 5.81. The van der Waals surface area contributed by atoms with E-state index in [1.807, 2.05) is 0 Å². The van der Waals surface area contributed by atoms with Gasteiger partial charge in [-0.15, -0.1) is 0 Å². The Hall–Kier alpha value is -1.97. The first-order valence-corrected chi connectivity index (χ1v) is 3.76. The van der Waals surface area contributed by atoms with E-state index in [0.717, 1.165) is 5.39 Å². The third-order valence-electron chi connectivity index (χ3n) is 1.79. The zero-order valence-corrected chi connectivity index (χ0v) is 6.78. The molecule has 0 saturated heterocycles. The van der Waals surface area contributed by atoms with Crippen molar-refractivity contribution in [1.29, 1.82) is 0 Å². The minimum Gasteiger partial charge on any atom is -0.421 e. The van der Waals surface area contributed by atoms with Crippen LogP contribution in [-0.4, -0.2) is 0 Å². The normalized spacial score (nSPS) is 10.5. The van der Waals surface area contributed by atoms with Crippen molar-refractivity contribution in [2.75, 3.05) is 11.5 Å². The van der Waals surface area contributed by atoms with Gasteiger partial charge in [0.15, 0.2) is 0 Å². The minimum absolute atomic E-state index is 0.109. The maximum absolute atomic E-state index is 11.0. The predicted molar refractivity (Wildman–Crippen MR) is 51.3 cm³/mol. The topological polar surface area (TPSA) is 82.2 Å². The van der Waals surface area contributed by atoms with Crippen LogP contribution in [0.15, 0.2) is 33.5 Å². The van der Waals surface area contributed by atoms with E-state index >= 15 is 0 Å². The molecule has 0 aliphatic rings. The fraction of sp³-hybridized carbons (Fsp3) is 0. The standard InChI is InChI=1S/C9H8N2O2/c10-6-2-1-5-3-7(11)9(12)13-8(5)4-6/h1-4H,10-11H2. The first kappa shape index (κ1) is 7.67. The van der Waals surface area contributed by atoms with Gasteiger partial charge >= 0.3 is 5.63 Å². The van der Waals surface area contributed by atoms with E-state index in [1.54, 1.807) is 24.3 Å². The van der Waals surface area contributed by atoms with Crippen LogP contribution in [0.5, 0.6) is 0 Å². The minimum atomic E-state index is -0.530. The number of benzene rings is 1. The number of rotatable bonds is 0. The van der Waals surface area contributed by atoms with Crippen molar-refractivity contribution in [1.82, 2.24) is 0 Å². The van der Waals surface area contributed by atoms with Gasteiger partial charge in [-0.05, 0) is 18.2 Å². The average Bonchev–Trinajstić information content (AvgIpc) is 2.08. The number of anilines is 2. The third-order valence-corrected chi connectivity index (χ3v) is 1.79. The molecule has 66 valence electrons. The molecule has 0 unspecified atom stereocenters. The molecule has 2 aromatic rings. The van der Waals surface area contributed by atoms with Crippen LogP contribution < -0.4 is 17.1 Å². The number of hydrogen-bond donors (Lipinski definition) is 2. The lowest BCUT2D eigenvalue weighted by atomic mass is 10.2. The highest BCUT2D eigenvalue weighted by atomic mass is 16.4. The van der Waals surface area contributed by atoms with Crippen LogP contribution in [-0.2, 0) is 0 Å². The molecule has 0 bridgehead atoms. The van der Waals surface area contributed by atoms with E-state index in [9.17, 15) is 4.79 Å². The highest BCUT2D eigenvalue weighted by Gasteiger charge is 2.01. The zero-order chi connectivity index (χ0) is 9.42. The van der Waals surface area contributed by atoms with E-state index in [4.69, 9.17) is 15.9 Å². The second-order valence-corrected chi connectivity index (χ2v) is 2.79. The highest BCUT2D eigenvalue weighted by Crippen LogP contribution is 2.16. The molecule has 0 fully saturated rings.